The topological polar surface area (TPSA) is 70.5 Å². The highest BCUT2D eigenvalue weighted by Crippen LogP contribution is 2.41. The Balaban J connectivity index is 1.76. The predicted octanol–water partition coefficient (Wildman–Crippen LogP) is 4.86. The van der Waals surface area contributed by atoms with Crippen molar-refractivity contribution in [1.29, 1.82) is 0 Å². The fraction of sp³-hybridized carbons (Fsp3) is 0.200. The second-order valence-corrected chi connectivity index (χ2v) is 7.84. The highest BCUT2D eigenvalue weighted by molar-refractivity contribution is 7.07. The van der Waals surface area contributed by atoms with E-state index in [1.807, 2.05) is 47.8 Å². The van der Waals surface area contributed by atoms with E-state index in [9.17, 15) is 0 Å². The summed E-state index contributed by atoms with van der Waals surface area (Å²) in [4.78, 5) is 5.59. The molecular formula is C25H25N3O4S. The molecule has 0 aliphatic heterocycles. The summed E-state index contributed by atoms with van der Waals surface area (Å²) in [5.74, 6) is 2.33. The molecule has 0 saturated heterocycles. The van der Waals surface area contributed by atoms with Crippen molar-refractivity contribution in [2.45, 2.75) is 6.42 Å². The average Bonchev–Trinajstić information content (AvgIpc) is 3.52. The Bertz CT molecular complexity index is 1250. The summed E-state index contributed by atoms with van der Waals surface area (Å²) in [6, 6.07) is 17.8. The fourth-order valence-electron chi connectivity index (χ4n) is 3.35. The van der Waals surface area contributed by atoms with Gasteiger partial charge in [0.1, 0.15) is 5.76 Å². The Morgan fingerprint density at radius 1 is 0.970 bits per heavy atom. The standard InChI is InChI=1S/C25H25N3O4S/c1-29-22-14-19(15-23(30-2)24(22)31-3)21-17-33-25(26-12-11-18-8-5-4-6-9-18)28(21)27-16-20-10-7-13-32-20/h4-10,13-17H,11-12H2,1-3H3. The van der Waals surface area contributed by atoms with Gasteiger partial charge in [-0.1, -0.05) is 30.3 Å². The Labute approximate surface area is 196 Å². The van der Waals surface area contributed by atoms with Crippen molar-refractivity contribution in [3.05, 3.63) is 82.4 Å². The summed E-state index contributed by atoms with van der Waals surface area (Å²) in [6.45, 7) is 0.648. The van der Waals surface area contributed by atoms with Crippen molar-refractivity contribution < 1.29 is 18.6 Å². The first-order valence-corrected chi connectivity index (χ1v) is 11.2. The van der Waals surface area contributed by atoms with Gasteiger partial charge < -0.3 is 18.6 Å². The van der Waals surface area contributed by atoms with Crippen LogP contribution in [0.4, 0.5) is 0 Å². The highest BCUT2D eigenvalue weighted by Gasteiger charge is 2.17. The largest absolute Gasteiger partial charge is 0.493 e. The lowest BCUT2D eigenvalue weighted by Crippen LogP contribution is -2.13. The van der Waals surface area contributed by atoms with Crippen molar-refractivity contribution in [3.63, 3.8) is 0 Å². The molecule has 0 radical (unpaired) electrons. The summed E-state index contributed by atoms with van der Waals surface area (Å²) >= 11 is 1.52. The molecule has 2 heterocycles. The molecule has 0 saturated carbocycles. The van der Waals surface area contributed by atoms with E-state index in [1.165, 1.54) is 16.9 Å². The molecule has 0 fully saturated rings. The van der Waals surface area contributed by atoms with Crippen LogP contribution in [0.2, 0.25) is 0 Å². The first kappa shape index (κ1) is 22.4. The van der Waals surface area contributed by atoms with Crippen LogP contribution in [0.25, 0.3) is 11.3 Å². The minimum absolute atomic E-state index is 0.539. The van der Waals surface area contributed by atoms with E-state index in [-0.39, 0.29) is 0 Å². The van der Waals surface area contributed by atoms with E-state index in [0.717, 1.165) is 22.5 Å². The van der Waals surface area contributed by atoms with Gasteiger partial charge in [0, 0.05) is 17.5 Å². The SMILES string of the molecule is COc1cc(-c2csc(=NCCc3ccccc3)n2N=Cc2ccco2)cc(OC)c1OC. The molecule has 7 nitrogen and oxygen atoms in total. The van der Waals surface area contributed by atoms with Crippen LogP contribution in [-0.4, -0.2) is 38.8 Å². The maximum Gasteiger partial charge on any atom is 0.206 e. The minimum Gasteiger partial charge on any atom is -0.493 e. The number of ether oxygens (including phenoxy) is 3. The highest BCUT2D eigenvalue weighted by atomic mass is 32.1. The van der Waals surface area contributed by atoms with Crippen molar-refractivity contribution in [3.8, 4) is 28.5 Å². The van der Waals surface area contributed by atoms with Gasteiger partial charge in [-0.25, -0.2) is 4.68 Å². The minimum atomic E-state index is 0.539. The molecule has 0 aliphatic rings. The lowest BCUT2D eigenvalue weighted by Gasteiger charge is -2.14. The Kier molecular flexibility index (Phi) is 7.26. The smallest absolute Gasteiger partial charge is 0.206 e. The molecule has 170 valence electrons. The zero-order valence-electron chi connectivity index (χ0n) is 18.7. The van der Waals surface area contributed by atoms with E-state index in [0.29, 0.717) is 29.6 Å². The van der Waals surface area contributed by atoms with Crippen LogP contribution in [0.1, 0.15) is 11.3 Å². The molecule has 0 bridgehead atoms. The van der Waals surface area contributed by atoms with Gasteiger partial charge >= 0.3 is 0 Å². The van der Waals surface area contributed by atoms with Crippen LogP contribution in [0.3, 0.4) is 0 Å². The number of rotatable bonds is 9. The van der Waals surface area contributed by atoms with E-state index in [1.54, 1.807) is 38.5 Å². The van der Waals surface area contributed by atoms with Gasteiger partial charge in [-0.2, -0.15) is 5.10 Å². The van der Waals surface area contributed by atoms with E-state index in [2.05, 4.69) is 17.2 Å². The third-order valence-electron chi connectivity index (χ3n) is 4.98. The van der Waals surface area contributed by atoms with E-state index in [4.69, 9.17) is 23.6 Å². The van der Waals surface area contributed by atoms with Crippen molar-refractivity contribution in [2.75, 3.05) is 27.9 Å². The monoisotopic (exact) mass is 463 g/mol. The van der Waals surface area contributed by atoms with Gasteiger partial charge in [-0.05, 0) is 36.2 Å². The van der Waals surface area contributed by atoms with Gasteiger partial charge in [0.25, 0.3) is 0 Å². The zero-order chi connectivity index (χ0) is 23.0. The quantitative estimate of drug-likeness (QED) is 0.332. The van der Waals surface area contributed by atoms with Gasteiger partial charge in [-0.3, -0.25) is 4.99 Å². The van der Waals surface area contributed by atoms with Gasteiger partial charge in [-0.15, -0.1) is 11.3 Å². The van der Waals surface area contributed by atoms with Crippen molar-refractivity contribution >= 4 is 17.6 Å². The van der Waals surface area contributed by atoms with Crippen molar-refractivity contribution in [2.24, 2.45) is 10.1 Å². The number of aromatic nitrogens is 1. The maximum atomic E-state index is 5.53. The van der Waals surface area contributed by atoms with Crippen LogP contribution < -0.4 is 19.0 Å². The lowest BCUT2D eigenvalue weighted by atomic mass is 10.1. The van der Waals surface area contributed by atoms with Crippen LogP contribution in [0.15, 0.2) is 80.8 Å². The molecular weight excluding hydrogens is 438 g/mol. The number of methoxy groups -OCH3 is 3. The number of furan rings is 1. The number of benzene rings is 2. The molecule has 2 aromatic heterocycles. The summed E-state index contributed by atoms with van der Waals surface area (Å²) < 4.78 is 23.7. The fourth-order valence-corrected chi connectivity index (χ4v) is 4.22. The maximum absolute atomic E-state index is 5.53. The number of thiazole rings is 1. The molecule has 0 aliphatic carbocycles. The lowest BCUT2D eigenvalue weighted by molar-refractivity contribution is 0.324. The van der Waals surface area contributed by atoms with E-state index < -0.39 is 0 Å². The third-order valence-corrected chi connectivity index (χ3v) is 5.83. The summed E-state index contributed by atoms with van der Waals surface area (Å²) in [5, 5.41) is 6.68. The van der Waals surface area contributed by atoms with Gasteiger partial charge in [0.2, 0.25) is 10.6 Å². The zero-order valence-corrected chi connectivity index (χ0v) is 19.5. The molecule has 0 unspecified atom stereocenters. The van der Waals surface area contributed by atoms with Crippen LogP contribution in [-0.2, 0) is 6.42 Å². The van der Waals surface area contributed by atoms with Crippen LogP contribution in [0.5, 0.6) is 17.2 Å². The first-order chi connectivity index (χ1) is 16.2. The van der Waals surface area contributed by atoms with Gasteiger partial charge in [0.05, 0.1) is 39.5 Å². The Morgan fingerprint density at radius 2 is 1.73 bits per heavy atom. The Morgan fingerprint density at radius 3 is 2.36 bits per heavy atom. The molecule has 0 spiro atoms. The molecule has 0 amide bonds. The third kappa shape index (κ3) is 5.18. The Hall–Kier alpha value is -3.78. The molecule has 33 heavy (non-hydrogen) atoms. The second kappa shape index (κ2) is 10.7. The first-order valence-electron chi connectivity index (χ1n) is 10.4. The summed E-state index contributed by atoms with van der Waals surface area (Å²) in [7, 11) is 4.78. The van der Waals surface area contributed by atoms with Gasteiger partial charge in [0.15, 0.2) is 11.5 Å². The molecule has 2 aromatic carbocycles. The average molecular weight is 464 g/mol. The molecule has 4 aromatic rings. The number of hydrogen-bond acceptors (Lipinski definition) is 7. The van der Waals surface area contributed by atoms with Crippen molar-refractivity contribution in [1.82, 2.24) is 4.68 Å². The predicted molar refractivity (Wildman–Crippen MR) is 130 cm³/mol. The van der Waals surface area contributed by atoms with Crippen LogP contribution in [0, 0.1) is 0 Å². The molecule has 4 rings (SSSR count). The normalized spacial score (nSPS) is 11.8. The van der Waals surface area contributed by atoms with Crippen LogP contribution >= 0.6 is 11.3 Å². The number of nitrogens with zero attached hydrogens (tertiary/aromatic N) is 3. The molecule has 0 N–H and O–H groups in total. The van der Waals surface area contributed by atoms with E-state index >= 15 is 0 Å². The second-order valence-electron chi connectivity index (χ2n) is 7.01. The summed E-state index contributed by atoms with van der Waals surface area (Å²) in [5.41, 5.74) is 2.95. The molecule has 8 heteroatoms. The number of hydrogen-bond donors (Lipinski definition) is 0. The summed E-state index contributed by atoms with van der Waals surface area (Å²) in [6.07, 6.45) is 4.13. The molecule has 0 atom stereocenters.